The highest BCUT2D eigenvalue weighted by Crippen LogP contribution is 2.36. The topological polar surface area (TPSA) is 26.0 Å². The first kappa shape index (κ1) is 10.2. The van der Waals surface area contributed by atoms with Crippen molar-refractivity contribution in [3.63, 3.8) is 0 Å². The van der Waals surface area contributed by atoms with Crippen molar-refractivity contribution >= 4 is 22.7 Å². The number of benzene rings is 2. The van der Waals surface area contributed by atoms with Crippen LogP contribution in [0, 0.1) is 0 Å². The monoisotopic (exact) mass is 261 g/mol. The van der Waals surface area contributed by atoms with Crippen LogP contribution >= 0.6 is 17.0 Å². The summed E-state index contributed by atoms with van der Waals surface area (Å²) < 4.78 is 0. The maximum absolute atomic E-state index is 5.77. The van der Waals surface area contributed by atoms with Crippen LogP contribution < -0.4 is 5.73 Å². The second-order valence-electron chi connectivity index (χ2n) is 3.75. The van der Waals surface area contributed by atoms with Crippen LogP contribution in [-0.2, 0) is 6.42 Å². The Kier molecular flexibility index (Phi) is 2.53. The van der Waals surface area contributed by atoms with Gasteiger partial charge in [0, 0.05) is 5.69 Å². The van der Waals surface area contributed by atoms with Gasteiger partial charge in [0.25, 0.3) is 0 Å². The molecule has 2 aromatic carbocycles. The number of nitrogens with two attached hydrogens (primary N) is 1. The molecule has 0 radical (unpaired) electrons. The first-order valence-corrected chi connectivity index (χ1v) is 4.81. The lowest BCUT2D eigenvalue weighted by atomic mass is 10.1. The van der Waals surface area contributed by atoms with Crippen molar-refractivity contribution < 1.29 is 0 Å². The zero-order valence-corrected chi connectivity index (χ0v) is 9.95. The van der Waals surface area contributed by atoms with Crippen molar-refractivity contribution in [2.75, 3.05) is 5.73 Å². The molecule has 0 heterocycles. The Morgan fingerprint density at radius 2 is 1.60 bits per heavy atom. The van der Waals surface area contributed by atoms with Gasteiger partial charge in [-0.05, 0) is 40.8 Å². The van der Waals surface area contributed by atoms with E-state index in [9.17, 15) is 0 Å². The minimum atomic E-state index is 0. The third-order valence-electron chi connectivity index (χ3n) is 2.82. The lowest BCUT2D eigenvalue weighted by Crippen LogP contribution is -1.86. The van der Waals surface area contributed by atoms with Gasteiger partial charge in [0.2, 0.25) is 0 Å². The molecule has 0 spiro atoms. The van der Waals surface area contributed by atoms with Crippen molar-refractivity contribution in [3.8, 4) is 11.1 Å². The molecule has 0 saturated carbocycles. The first-order chi connectivity index (χ1) is 6.84. The maximum atomic E-state index is 5.77. The molecular formula is C13H12BrN. The third-order valence-corrected chi connectivity index (χ3v) is 2.82. The molecule has 0 unspecified atom stereocenters. The van der Waals surface area contributed by atoms with E-state index in [-0.39, 0.29) is 17.0 Å². The zero-order chi connectivity index (χ0) is 9.54. The van der Waals surface area contributed by atoms with E-state index in [1.807, 2.05) is 6.07 Å². The fourth-order valence-corrected chi connectivity index (χ4v) is 2.17. The Bertz CT molecular complexity index is 506. The zero-order valence-electron chi connectivity index (χ0n) is 8.23. The molecule has 0 aliphatic heterocycles. The highest BCUT2D eigenvalue weighted by atomic mass is 79.9. The lowest BCUT2D eigenvalue weighted by Gasteiger charge is -2.00. The summed E-state index contributed by atoms with van der Waals surface area (Å²) in [6, 6.07) is 14.7. The van der Waals surface area contributed by atoms with Gasteiger partial charge in [-0.2, -0.15) is 0 Å². The number of hydrogen-bond acceptors (Lipinski definition) is 1. The van der Waals surface area contributed by atoms with E-state index in [1.54, 1.807) is 0 Å². The first-order valence-electron chi connectivity index (χ1n) is 4.81. The van der Waals surface area contributed by atoms with E-state index in [1.165, 1.54) is 22.3 Å². The van der Waals surface area contributed by atoms with Gasteiger partial charge in [0.1, 0.15) is 0 Å². The Morgan fingerprint density at radius 1 is 0.867 bits per heavy atom. The van der Waals surface area contributed by atoms with E-state index in [0.29, 0.717) is 0 Å². The highest BCUT2D eigenvalue weighted by molar-refractivity contribution is 8.93. The van der Waals surface area contributed by atoms with E-state index >= 15 is 0 Å². The smallest absolute Gasteiger partial charge is 0.0317 e. The third kappa shape index (κ3) is 1.55. The number of rotatable bonds is 0. The van der Waals surface area contributed by atoms with Crippen LogP contribution in [0.3, 0.4) is 0 Å². The molecular weight excluding hydrogens is 250 g/mol. The van der Waals surface area contributed by atoms with E-state index in [0.717, 1.165) is 12.1 Å². The van der Waals surface area contributed by atoms with Crippen LogP contribution in [-0.4, -0.2) is 0 Å². The fourth-order valence-electron chi connectivity index (χ4n) is 2.17. The number of fused-ring (bicyclic) bond motifs is 3. The average Bonchev–Trinajstić information content (AvgIpc) is 2.54. The molecule has 0 bridgehead atoms. The van der Waals surface area contributed by atoms with Crippen molar-refractivity contribution in [1.29, 1.82) is 0 Å². The largest absolute Gasteiger partial charge is 0.399 e. The summed E-state index contributed by atoms with van der Waals surface area (Å²) in [5.74, 6) is 0. The van der Waals surface area contributed by atoms with E-state index in [4.69, 9.17) is 5.73 Å². The average molecular weight is 262 g/mol. The highest BCUT2D eigenvalue weighted by Gasteiger charge is 2.16. The van der Waals surface area contributed by atoms with Crippen LogP contribution in [0.1, 0.15) is 11.1 Å². The Labute approximate surface area is 99.7 Å². The summed E-state index contributed by atoms with van der Waals surface area (Å²) in [6.45, 7) is 0. The second-order valence-corrected chi connectivity index (χ2v) is 3.75. The second kappa shape index (κ2) is 3.70. The predicted molar refractivity (Wildman–Crippen MR) is 69.4 cm³/mol. The number of anilines is 1. The van der Waals surface area contributed by atoms with Gasteiger partial charge >= 0.3 is 0 Å². The fraction of sp³-hybridized carbons (Fsp3) is 0.0769. The summed E-state index contributed by atoms with van der Waals surface area (Å²) in [5.41, 5.74) is 12.1. The summed E-state index contributed by atoms with van der Waals surface area (Å²) in [4.78, 5) is 0. The molecule has 0 atom stereocenters. The molecule has 2 heteroatoms. The van der Waals surface area contributed by atoms with Crippen LogP contribution in [0.25, 0.3) is 11.1 Å². The van der Waals surface area contributed by atoms with Crippen molar-refractivity contribution in [1.82, 2.24) is 0 Å². The van der Waals surface area contributed by atoms with Gasteiger partial charge in [-0.3, -0.25) is 0 Å². The molecule has 2 N–H and O–H groups in total. The van der Waals surface area contributed by atoms with E-state index in [2.05, 4.69) is 36.4 Å². The Balaban J connectivity index is 0.000000853. The van der Waals surface area contributed by atoms with Gasteiger partial charge in [-0.25, -0.2) is 0 Å². The standard InChI is InChI=1S/C13H11N.BrH/c14-11-5-6-13-10(8-11)7-9-3-1-2-4-12(9)13;/h1-6,8H,7,14H2;1H. The molecule has 76 valence electrons. The predicted octanol–water partition coefficient (Wildman–Crippen LogP) is 3.42. The molecule has 1 aliphatic rings. The lowest BCUT2D eigenvalue weighted by molar-refractivity contribution is 1.26. The molecule has 0 saturated heterocycles. The summed E-state index contributed by atoms with van der Waals surface area (Å²) >= 11 is 0. The van der Waals surface area contributed by atoms with Gasteiger partial charge < -0.3 is 5.73 Å². The molecule has 2 aromatic rings. The Hall–Kier alpha value is -1.28. The molecule has 15 heavy (non-hydrogen) atoms. The quantitative estimate of drug-likeness (QED) is 0.617. The molecule has 0 amide bonds. The molecule has 0 aromatic heterocycles. The maximum Gasteiger partial charge on any atom is 0.0317 e. The van der Waals surface area contributed by atoms with E-state index < -0.39 is 0 Å². The van der Waals surface area contributed by atoms with Gasteiger partial charge in [0.05, 0.1) is 0 Å². The number of nitrogen functional groups attached to an aromatic ring is 1. The summed E-state index contributed by atoms with van der Waals surface area (Å²) in [7, 11) is 0. The summed E-state index contributed by atoms with van der Waals surface area (Å²) in [6.07, 6.45) is 1.02. The number of hydrogen-bond donors (Lipinski definition) is 1. The molecule has 3 rings (SSSR count). The van der Waals surface area contributed by atoms with Gasteiger partial charge in [0.15, 0.2) is 0 Å². The van der Waals surface area contributed by atoms with Crippen molar-refractivity contribution in [2.45, 2.75) is 6.42 Å². The van der Waals surface area contributed by atoms with Crippen molar-refractivity contribution in [3.05, 3.63) is 53.6 Å². The van der Waals surface area contributed by atoms with Gasteiger partial charge in [-0.1, -0.05) is 30.3 Å². The molecule has 1 aliphatic carbocycles. The molecule has 1 nitrogen and oxygen atoms in total. The number of halogens is 1. The van der Waals surface area contributed by atoms with Crippen LogP contribution in [0.4, 0.5) is 5.69 Å². The SMILES string of the molecule is Br.Nc1ccc2c(c1)Cc1ccccc1-2. The van der Waals surface area contributed by atoms with Crippen LogP contribution in [0.2, 0.25) is 0 Å². The summed E-state index contributed by atoms with van der Waals surface area (Å²) in [5, 5.41) is 0. The minimum Gasteiger partial charge on any atom is -0.399 e. The van der Waals surface area contributed by atoms with Crippen LogP contribution in [0.15, 0.2) is 42.5 Å². The van der Waals surface area contributed by atoms with Gasteiger partial charge in [-0.15, -0.1) is 17.0 Å². The van der Waals surface area contributed by atoms with Crippen LogP contribution in [0.5, 0.6) is 0 Å². The van der Waals surface area contributed by atoms with Crippen molar-refractivity contribution in [2.24, 2.45) is 0 Å². The Morgan fingerprint density at radius 3 is 2.47 bits per heavy atom. The normalized spacial score (nSPS) is 11.5. The minimum absolute atomic E-state index is 0. The molecule has 0 fully saturated rings.